The zero-order valence-corrected chi connectivity index (χ0v) is 10.9. The molecule has 0 aliphatic carbocycles. The van der Waals surface area contributed by atoms with Crippen molar-refractivity contribution < 1.29 is 0 Å². The van der Waals surface area contributed by atoms with E-state index in [4.69, 9.17) is 0 Å². The highest BCUT2D eigenvalue weighted by Crippen LogP contribution is 2.18. The van der Waals surface area contributed by atoms with E-state index in [-0.39, 0.29) is 0 Å². The topological polar surface area (TPSA) is 41.0 Å². The Labute approximate surface area is 105 Å². The Morgan fingerprint density at radius 2 is 2.29 bits per heavy atom. The third kappa shape index (κ3) is 2.94. The first-order chi connectivity index (χ1) is 8.33. The summed E-state index contributed by atoms with van der Waals surface area (Å²) in [6.07, 6.45) is 1.60. The van der Waals surface area contributed by atoms with Gasteiger partial charge in [-0.25, -0.2) is 9.97 Å². The monoisotopic (exact) mass is 248 g/mol. The molecule has 2 heterocycles. The molecule has 1 N–H and O–H groups in total. The van der Waals surface area contributed by atoms with Crippen molar-refractivity contribution in [2.24, 2.45) is 0 Å². The van der Waals surface area contributed by atoms with Gasteiger partial charge in [0.15, 0.2) is 0 Å². The normalized spacial score (nSPS) is 10.2. The maximum absolute atomic E-state index is 4.32. The van der Waals surface area contributed by atoms with Gasteiger partial charge < -0.3 is 10.2 Å². The second-order valence-corrected chi connectivity index (χ2v) is 4.64. The van der Waals surface area contributed by atoms with Crippen LogP contribution in [0.4, 0.5) is 11.6 Å². The highest BCUT2D eigenvalue weighted by atomic mass is 32.1. The van der Waals surface area contributed by atoms with E-state index in [0.717, 1.165) is 24.7 Å². The third-order valence-electron chi connectivity index (χ3n) is 2.54. The van der Waals surface area contributed by atoms with E-state index in [1.807, 2.05) is 13.1 Å². The van der Waals surface area contributed by atoms with Gasteiger partial charge in [0.25, 0.3) is 0 Å². The lowest BCUT2D eigenvalue weighted by molar-refractivity contribution is 0.820. The van der Waals surface area contributed by atoms with E-state index in [9.17, 15) is 0 Å². The van der Waals surface area contributed by atoms with Crippen molar-refractivity contribution in [1.29, 1.82) is 0 Å². The lowest BCUT2D eigenvalue weighted by Gasteiger charge is -2.21. The minimum atomic E-state index is 0.847. The van der Waals surface area contributed by atoms with Gasteiger partial charge in [-0.1, -0.05) is 6.07 Å². The van der Waals surface area contributed by atoms with Crippen molar-refractivity contribution in [2.45, 2.75) is 13.5 Å². The number of hydrogen-bond donors (Lipinski definition) is 1. The first-order valence-corrected chi connectivity index (χ1v) is 6.48. The molecule has 0 atom stereocenters. The average molecular weight is 248 g/mol. The van der Waals surface area contributed by atoms with Crippen LogP contribution < -0.4 is 10.2 Å². The molecule has 0 radical (unpaired) electrons. The second kappa shape index (κ2) is 5.63. The lowest BCUT2D eigenvalue weighted by atomic mass is 10.4. The fourth-order valence-corrected chi connectivity index (χ4v) is 2.32. The summed E-state index contributed by atoms with van der Waals surface area (Å²) in [7, 11) is 1.86. The Morgan fingerprint density at radius 3 is 2.94 bits per heavy atom. The van der Waals surface area contributed by atoms with Crippen molar-refractivity contribution in [3.8, 4) is 0 Å². The van der Waals surface area contributed by atoms with Gasteiger partial charge in [0.2, 0.25) is 0 Å². The molecule has 0 aromatic carbocycles. The molecule has 0 amide bonds. The van der Waals surface area contributed by atoms with E-state index in [1.54, 1.807) is 17.7 Å². The van der Waals surface area contributed by atoms with Crippen LogP contribution in [-0.4, -0.2) is 23.6 Å². The summed E-state index contributed by atoms with van der Waals surface area (Å²) in [6, 6.07) is 6.19. The second-order valence-electron chi connectivity index (χ2n) is 3.60. The van der Waals surface area contributed by atoms with Crippen LogP contribution in [0.1, 0.15) is 11.8 Å². The van der Waals surface area contributed by atoms with Crippen molar-refractivity contribution in [3.05, 3.63) is 34.8 Å². The Bertz CT molecular complexity index is 455. The molecule has 5 heteroatoms. The molecule has 0 spiro atoms. The fraction of sp³-hybridized carbons (Fsp3) is 0.333. The third-order valence-corrected chi connectivity index (χ3v) is 3.40. The van der Waals surface area contributed by atoms with Crippen LogP contribution in [0.5, 0.6) is 0 Å². The predicted octanol–water partition coefficient (Wildman–Crippen LogP) is 2.61. The van der Waals surface area contributed by atoms with Gasteiger partial charge in [0.1, 0.15) is 18.0 Å². The minimum absolute atomic E-state index is 0.847. The van der Waals surface area contributed by atoms with Gasteiger partial charge in [-0.15, -0.1) is 11.3 Å². The van der Waals surface area contributed by atoms with Crippen LogP contribution in [0, 0.1) is 0 Å². The number of nitrogens with one attached hydrogen (secondary N) is 1. The number of thiophene rings is 1. The van der Waals surface area contributed by atoms with Crippen LogP contribution in [0.2, 0.25) is 0 Å². The van der Waals surface area contributed by atoms with Crippen molar-refractivity contribution in [2.75, 3.05) is 23.8 Å². The summed E-state index contributed by atoms with van der Waals surface area (Å²) in [4.78, 5) is 12.0. The summed E-state index contributed by atoms with van der Waals surface area (Å²) in [6.45, 7) is 3.96. The molecule has 2 rings (SSSR count). The molecule has 0 fully saturated rings. The van der Waals surface area contributed by atoms with Gasteiger partial charge in [-0.2, -0.15) is 0 Å². The quantitative estimate of drug-likeness (QED) is 0.883. The van der Waals surface area contributed by atoms with Crippen molar-refractivity contribution in [3.63, 3.8) is 0 Å². The summed E-state index contributed by atoms with van der Waals surface area (Å²) in [5.74, 6) is 1.81. The molecule has 0 unspecified atom stereocenters. The molecule has 0 saturated heterocycles. The van der Waals surface area contributed by atoms with E-state index in [1.165, 1.54) is 4.88 Å². The molecule has 90 valence electrons. The van der Waals surface area contributed by atoms with E-state index >= 15 is 0 Å². The Hall–Kier alpha value is -1.62. The van der Waals surface area contributed by atoms with Crippen LogP contribution in [0.3, 0.4) is 0 Å². The number of nitrogens with zero attached hydrogens (tertiary/aromatic N) is 3. The SMILES string of the molecule is CCN(Cc1cccs1)c1cc(NC)ncn1. The number of hydrogen-bond acceptors (Lipinski definition) is 5. The van der Waals surface area contributed by atoms with E-state index < -0.39 is 0 Å². The summed E-state index contributed by atoms with van der Waals surface area (Å²) in [5, 5.41) is 5.13. The Kier molecular flexibility index (Phi) is 3.93. The number of anilines is 2. The number of rotatable bonds is 5. The van der Waals surface area contributed by atoms with Crippen LogP contribution >= 0.6 is 11.3 Å². The van der Waals surface area contributed by atoms with Gasteiger partial charge >= 0.3 is 0 Å². The molecule has 2 aromatic heterocycles. The lowest BCUT2D eigenvalue weighted by Crippen LogP contribution is -2.22. The molecule has 0 saturated carbocycles. The van der Waals surface area contributed by atoms with Crippen molar-refractivity contribution >= 4 is 23.0 Å². The molecule has 0 aliphatic rings. The number of aromatic nitrogens is 2. The highest BCUT2D eigenvalue weighted by Gasteiger charge is 2.08. The maximum Gasteiger partial charge on any atom is 0.134 e. The summed E-state index contributed by atoms with van der Waals surface area (Å²) >= 11 is 1.77. The molecule has 0 bridgehead atoms. The van der Waals surface area contributed by atoms with E-state index in [0.29, 0.717) is 0 Å². The smallest absolute Gasteiger partial charge is 0.134 e. The molecule has 2 aromatic rings. The standard InChI is InChI=1S/C12H16N4S/c1-3-16(8-10-5-4-6-17-10)12-7-11(13-2)14-9-15-12/h4-7,9H,3,8H2,1-2H3,(H,13,14,15). The minimum Gasteiger partial charge on any atom is -0.373 e. The summed E-state index contributed by atoms with van der Waals surface area (Å²) in [5.41, 5.74) is 0. The molecular formula is C12H16N4S. The first kappa shape index (κ1) is 11.9. The first-order valence-electron chi connectivity index (χ1n) is 5.60. The maximum atomic E-state index is 4.32. The van der Waals surface area contributed by atoms with Gasteiger partial charge in [-0.3, -0.25) is 0 Å². The van der Waals surface area contributed by atoms with Crippen molar-refractivity contribution in [1.82, 2.24) is 9.97 Å². The Balaban J connectivity index is 2.16. The molecule has 17 heavy (non-hydrogen) atoms. The van der Waals surface area contributed by atoms with Gasteiger partial charge in [0, 0.05) is 24.5 Å². The highest BCUT2D eigenvalue weighted by molar-refractivity contribution is 7.09. The van der Waals surface area contributed by atoms with Crippen LogP contribution in [0.15, 0.2) is 29.9 Å². The zero-order valence-electron chi connectivity index (χ0n) is 10.1. The summed E-state index contributed by atoms with van der Waals surface area (Å²) < 4.78 is 0. The fourth-order valence-electron chi connectivity index (χ4n) is 1.60. The molecule has 0 aliphatic heterocycles. The Morgan fingerprint density at radius 1 is 1.41 bits per heavy atom. The van der Waals surface area contributed by atoms with Gasteiger partial charge in [-0.05, 0) is 18.4 Å². The average Bonchev–Trinajstić information content (AvgIpc) is 2.89. The largest absolute Gasteiger partial charge is 0.373 e. The molecular weight excluding hydrogens is 232 g/mol. The van der Waals surface area contributed by atoms with Gasteiger partial charge in [0.05, 0.1) is 6.54 Å². The van der Waals surface area contributed by atoms with E-state index in [2.05, 4.69) is 44.6 Å². The zero-order chi connectivity index (χ0) is 12.1. The van der Waals surface area contributed by atoms with Crippen LogP contribution in [-0.2, 0) is 6.54 Å². The van der Waals surface area contributed by atoms with Crippen LogP contribution in [0.25, 0.3) is 0 Å². The molecule has 4 nitrogen and oxygen atoms in total. The predicted molar refractivity (Wildman–Crippen MR) is 72.6 cm³/mol.